The zero-order valence-corrected chi connectivity index (χ0v) is 11.7. The number of benzene rings is 1. The van der Waals surface area contributed by atoms with E-state index in [1.54, 1.807) is 6.07 Å². The summed E-state index contributed by atoms with van der Waals surface area (Å²) < 4.78 is 35.3. The van der Waals surface area contributed by atoms with Crippen molar-refractivity contribution in [3.63, 3.8) is 0 Å². The largest absolute Gasteiger partial charge is 0.486 e. The summed E-state index contributed by atoms with van der Waals surface area (Å²) in [6.07, 6.45) is 0.0107. The van der Waals surface area contributed by atoms with Crippen molar-refractivity contribution < 1.29 is 22.7 Å². The maximum atomic E-state index is 12.3. The van der Waals surface area contributed by atoms with Crippen LogP contribution in [0.15, 0.2) is 23.1 Å². The third kappa shape index (κ3) is 2.89. The van der Waals surface area contributed by atoms with Gasteiger partial charge in [0.25, 0.3) is 0 Å². The zero-order chi connectivity index (χ0) is 14.0. The van der Waals surface area contributed by atoms with Crippen LogP contribution in [0.25, 0.3) is 0 Å². The first-order valence-corrected chi connectivity index (χ1v) is 7.59. The second-order valence-corrected chi connectivity index (χ2v) is 6.93. The van der Waals surface area contributed by atoms with E-state index in [-0.39, 0.29) is 17.1 Å². The summed E-state index contributed by atoms with van der Waals surface area (Å²) in [6, 6.07) is 4.53. The Morgan fingerprint density at radius 2 is 1.89 bits per heavy atom. The van der Waals surface area contributed by atoms with Gasteiger partial charge in [-0.05, 0) is 26.0 Å². The Balaban J connectivity index is 2.33. The lowest BCUT2D eigenvalue weighted by Gasteiger charge is -2.19. The van der Waals surface area contributed by atoms with Gasteiger partial charge < -0.3 is 9.47 Å². The van der Waals surface area contributed by atoms with Gasteiger partial charge in [-0.15, -0.1) is 0 Å². The lowest BCUT2D eigenvalue weighted by Crippen LogP contribution is -2.21. The number of Topliss-reactive ketones (excluding diaryl/α,β-unsaturated/α-hetero) is 1. The van der Waals surface area contributed by atoms with Crippen molar-refractivity contribution in [3.05, 3.63) is 18.2 Å². The molecule has 1 aromatic rings. The first-order valence-electron chi connectivity index (χ1n) is 6.04. The Kier molecular flexibility index (Phi) is 3.80. The van der Waals surface area contributed by atoms with E-state index in [2.05, 4.69) is 0 Å². The van der Waals surface area contributed by atoms with Crippen molar-refractivity contribution in [2.75, 3.05) is 13.2 Å². The predicted octanol–water partition coefficient (Wildman–Crippen LogP) is 1.60. The summed E-state index contributed by atoms with van der Waals surface area (Å²) in [6.45, 7) is 3.78. The highest BCUT2D eigenvalue weighted by Crippen LogP contribution is 2.33. The molecule has 19 heavy (non-hydrogen) atoms. The molecular formula is C13H16O5S. The van der Waals surface area contributed by atoms with E-state index in [9.17, 15) is 13.2 Å². The molecule has 1 atom stereocenters. The number of rotatable bonds is 4. The summed E-state index contributed by atoms with van der Waals surface area (Å²) in [5.74, 6) is 0.834. The first-order chi connectivity index (χ1) is 8.91. The molecule has 0 N–H and O–H groups in total. The number of hydrogen-bond acceptors (Lipinski definition) is 5. The molecule has 1 aliphatic heterocycles. The zero-order valence-electron chi connectivity index (χ0n) is 10.9. The van der Waals surface area contributed by atoms with Crippen molar-refractivity contribution in [1.29, 1.82) is 0 Å². The average Bonchev–Trinajstić information content (AvgIpc) is 2.37. The molecule has 0 radical (unpaired) electrons. The molecule has 1 heterocycles. The van der Waals surface area contributed by atoms with E-state index in [1.807, 2.05) is 0 Å². The number of carbonyl (C=O) groups is 1. The SMILES string of the molecule is CC(=O)CC(C)S(=O)(=O)c1ccc2c(c1)OCCO2. The van der Waals surface area contributed by atoms with E-state index in [0.717, 1.165) is 0 Å². The standard InChI is InChI=1S/C13H16O5S/c1-9(14)7-10(2)19(15,16)11-3-4-12-13(8-11)18-6-5-17-12/h3-4,8,10H,5-7H2,1-2H3. The van der Waals surface area contributed by atoms with Crippen LogP contribution in [-0.2, 0) is 14.6 Å². The maximum Gasteiger partial charge on any atom is 0.181 e. The highest BCUT2D eigenvalue weighted by atomic mass is 32.2. The van der Waals surface area contributed by atoms with Gasteiger partial charge in [0.15, 0.2) is 21.3 Å². The van der Waals surface area contributed by atoms with Crippen LogP contribution < -0.4 is 9.47 Å². The summed E-state index contributed by atoms with van der Waals surface area (Å²) >= 11 is 0. The Morgan fingerprint density at radius 1 is 1.26 bits per heavy atom. The van der Waals surface area contributed by atoms with E-state index < -0.39 is 15.1 Å². The molecule has 0 amide bonds. The molecule has 0 spiro atoms. The van der Waals surface area contributed by atoms with Gasteiger partial charge in [0.2, 0.25) is 0 Å². The molecule has 6 heteroatoms. The summed E-state index contributed by atoms with van der Waals surface area (Å²) in [5, 5.41) is -0.743. The lowest BCUT2D eigenvalue weighted by molar-refractivity contribution is -0.116. The predicted molar refractivity (Wildman–Crippen MR) is 69.4 cm³/mol. The number of sulfone groups is 1. The molecule has 0 aliphatic carbocycles. The van der Waals surface area contributed by atoms with E-state index in [4.69, 9.17) is 9.47 Å². The second-order valence-electron chi connectivity index (χ2n) is 4.57. The van der Waals surface area contributed by atoms with E-state index >= 15 is 0 Å². The van der Waals surface area contributed by atoms with Crippen LogP contribution in [-0.4, -0.2) is 32.7 Å². The molecule has 0 fully saturated rings. The molecule has 0 saturated heterocycles. The van der Waals surface area contributed by atoms with Crippen molar-refractivity contribution in [2.45, 2.75) is 30.4 Å². The van der Waals surface area contributed by atoms with Gasteiger partial charge in [0.05, 0.1) is 10.1 Å². The van der Waals surface area contributed by atoms with Crippen LogP contribution in [0.5, 0.6) is 11.5 Å². The molecular weight excluding hydrogens is 268 g/mol. The van der Waals surface area contributed by atoms with Gasteiger partial charge in [-0.25, -0.2) is 8.42 Å². The van der Waals surface area contributed by atoms with Crippen molar-refractivity contribution in [3.8, 4) is 11.5 Å². The number of fused-ring (bicyclic) bond motifs is 1. The van der Waals surface area contributed by atoms with Crippen LogP contribution in [0, 0.1) is 0 Å². The van der Waals surface area contributed by atoms with Gasteiger partial charge in [-0.3, -0.25) is 4.79 Å². The topological polar surface area (TPSA) is 69.7 Å². The number of hydrogen-bond donors (Lipinski definition) is 0. The number of ketones is 1. The van der Waals surface area contributed by atoms with Gasteiger partial charge >= 0.3 is 0 Å². The fourth-order valence-corrected chi connectivity index (χ4v) is 3.40. The maximum absolute atomic E-state index is 12.3. The summed E-state index contributed by atoms with van der Waals surface area (Å²) in [7, 11) is -3.52. The summed E-state index contributed by atoms with van der Waals surface area (Å²) in [5.41, 5.74) is 0. The van der Waals surface area contributed by atoms with Crippen LogP contribution >= 0.6 is 0 Å². The fraction of sp³-hybridized carbons (Fsp3) is 0.462. The monoisotopic (exact) mass is 284 g/mol. The third-order valence-electron chi connectivity index (χ3n) is 2.95. The third-order valence-corrected chi connectivity index (χ3v) is 5.08. The Morgan fingerprint density at radius 3 is 2.53 bits per heavy atom. The van der Waals surface area contributed by atoms with Crippen LogP contribution in [0.3, 0.4) is 0 Å². The van der Waals surface area contributed by atoms with Crippen molar-refractivity contribution in [1.82, 2.24) is 0 Å². The van der Waals surface area contributed by atoms with Gasteiger partial charge in [-0.1, -0.05) is 0 Å². The van der Waals surface area contributed by atoms with E-state index in [1.165, 1.54) is 26.0 Å². The molecule has 0 saturated carbocycles. The Hall–Kier alpha value is -1.56. The Labute approximate surface area is 112 Å². The van der Waals surface area contributed by atoms with Gasteiger partial charge in [0.1, 0.15) is 19.0 Å². The van der Waals surface area contributed by atoms with Gasteiger partial charge in [-0.2, -0.15) is 0 Å². The van der Waals surface area contributed by atoms with Crippen LogP contribution in [0.1, 0.15) is 20.3 Å². The second kappa shape index (κ2) is 5.21. The minimum absolute atomic E-state index is 0.0107. The van der Waals surface area contributed by atoms with Gasteiger partial charge in [0, 0.05) is 12.5 Å². The molecule has 104 valence electrons. The molecule has 0 aromatic heterocycles. The van der Waals surface area contributed by atoms with Crippen molar-refractivity contribution >= 4 is 15.6 Å². The molecule has 0 bridgehead atoms. The molecule has 1 aliphatic rings. The van der Waals surface area contributed by atoms with Crippen LogP contribution in [0.2, 0.25) is 0 Å². The van der Waals surface area contributed by atoms with E-state index in [0.29, 0.717) is 24.7 Å². The molecule has 5 nitrogen and oxygen atoms in total. The highest BCUT2D eigenvalue weighted by molar-refractivity contribution is 7.92. The average molecular weight is 284 g/mol. The summed E-state index contributed by atoms with van der Waals surface area (Å²) in [4.78, 5) is 11.2. The molecule has 1 unspecified atom stereocenters. The fourth-order valence-electron chi connectivity index (χ4n) is 1.95. The molecule has 2 rings (SSSR count). The minimum atomic E-state index is -3.52. The lowest BCUT2D eigenvalue weighted by atomic mass is 10.2. The molecule has 1 aromatic carbocycles. The Bertz CT molecular complexity index is 591. The van der Waals surface area contributed by atoms with Crippen molar-refractivity contribution in [2.24, 2.45) is 0 Å². The normalized spacial score (nSPS) is 15.9. The smallest absolute Gasteiger partial charge is 0.181 e. The highest BCUT2D eigenvalue weighted by Gasteiger charge is 2.26. The first kappa shape index (κ1) is 13.9. The number of carbonyl (C=O) groups excluding carboxylic acids is 1. The minimum Gasteiger partial charge on any atom is -0.486 e. The van der Waals surface area contributed by atoms with Crippen LogP contribution in [0.4, 0.5) is 0 Å². The number of ether oxygens (including phenoxy) is 2. The quantitative estimate of drug-likeness (QED) is 0.840.